The van der Waals surface area contributed by atoms with Gasteiger partial charge in [0.1, 0.15) is 0 Å². The Morgan fingerprint density at radius 2 is 2.00 bits per heavy atom. The smallest absolute Gasteiger partial charge is 0.0858 e. The number of fused-ring (bicyclic) bond motifs is 4. The molecule has 3 saturated heterocycles. The maximum atomic E-state index is 9.80. The Balaban J connectivity index is 1.23. The van der Waals surface area contributed by atoms with Crippen LogP contribution in [0.5, 0.6) is 0 Å². The van der Waals surface area contributed by atoms with E-state index in [0.717, 1.165) is 32.5 Å². The lowest BCUT2D eigenvalue weighted by Crippen LogP contribution is -2.37. The minimum absolute atomic E-state index is 0.0328. The molecule has 2 bridgehead atoms. The van der Waals surface area contributed by atoms with Gasteiger partial charge in [-0.2, -0.15) is 0 Å². The van der Waals surface area contributed by atoms with E-state index in [1.54, 1.807) is 0 Å². The summed E-state index contributed by atoms with van der Waals surface area (Å²) in [7, 11) is 0. The zero-order valence-electron chi connectivity index (χ0n) is 15.0. The molecule has 6 rings (SSSR count). The normalized spacial score (nSPS) is 34.1. The third-order valence-corrected chi connectivity index (χ3v) is 7.33. The van der Waals surface area contributed by atoms with Crippen LogP contribution in [0.15, 0.2) is 42.5 Å². The summed E-state index contributed by atoms with van der Waals surface area (Å²) in [6, 6.07) is 15.8. The number of ether oxygens (including phenoxy) is 1. The minimum Gasteiger partial charge on any atom is -0.396 e. The molecule has 3 aliphatic heterocycles. The first-order valence-electron chi connectivity index (χ1n) is 9.97. The number of nitrogens with zero attached hydrogens (tertiary/aromatic N) is 1. The van der Waals surface area contributed by atoms with Gasteiger partial charge in [-0.15, -0.1) is 0 Å². The molecule has 0 amide bonds. The summed E-state index contributed by atoms with van der Waals surface area (Å²) < 4.78 is 6.37. The summed E-state index contributed by atoms with van der Waals surface area (Å²) in [6.07, 6.45) is 3.68. The number of hydrogen-bond donors (Lipinski definition) is 1. The van der Waals surface area contributed by atoms with Crippen LogP contribution in [-0.2, 0) is 17.7 Å². The van der Waals surface area contributed by atoms with E-state index in [1.165, 1.54) is 34.2 Å². The van der Waals surface area contributed by atoms with Crippen molar-refractivity contribution in [1.82, 2.24) is 4.90 Å². The molecule has 1 aliphatic carbocycles. The van der Waals surface area contributed by atoms with Crippen LogP contribution in [0.2, 0.25) is 0 Å². The number of benzene rings is 2. The summed E-state index contributed by atoms with van der Waals surface area (Å²) >= 11 is 0. The number of likely N-dealkylation sites (tertiary alicyclic amines) is 1. The molecule has 0 unspecified atom stereocenters. The molecule has 4 atom stereocenters. The van der Waals surface area contributed by atoms with Crippen LogP contribution in [0.25, 0.3) is 11.1 Å². The molecule has 0 saturated carbocycles. The van der Waals surface area contributed by atoms with E-state index >= 15 is 0 Å². The molecule has 3 fully saturated rings. The fourth-order valence-corrected chi connectivity index (χ4v) is 6.21. The predicted molar refractivity (Wildman–Crippen MR) is 101 cm³/mol. The first-order chi connectivity index (χ1) is 12.8. The molecule has 134 valence electrons. The van der Waals surface area contributed by atoms with Crippen molar-refractivity contribution in [3.05, 3.63) is 59.2 Å². The van der Waals surface area contributed by atoms with E-state index < -0.39 is 0 Å². The average molecular weight is 347 g/mol. The van der Waals surface area contributed by atoms with Crippen LogP contribution < -0.4 is 0 Å². The van der Waals surface area contributed by atoms with Gasteiger partial charge in [0.15, 0.2) is 0 Å². The van der Waals surface area contributed by atoms with Crippen LogP contribution >= 0.6 is 0 Å². The molecule has 3 heteroatoms. The van der Waals surface area contributed by atoms with Crippen molar-refractivity contribution in [3.63, 3.8) is 0 Å². The standard InChI is InChI=1S/C23H25NO2/c25-13-20-21-12-24(14-23(21)8-7-22(20)26-23)11-15-5-6-19-17(9-15)10-16-3-1-2-4-18(16)19/h1-6,9,20-22,25H,7-8,10-14H2/t20-,21+,22+,23+/m0/s1. The summed E-state index contributed by atoms with van der Waals surface area (Å²) in [5, 5.41) is 9.80. The lowest BCUT2D eigenvalue weighted by molar-refractivity contribution is 0.000381. The van der Waals surface area contributed by atoms with Crippen molar-refractivity contribution in [1.29, 1.82) is 0 Å². The lowest BCUT2D eigenvalue weighted by atomic mass is 9.74. The van der Waals surface area contributed by atoms with E-state index in [0.29, 0.717) is 17.9 Å². The maximum Gasteiger partial charge on any atom is 0.0858 e. The predicted octanol–water partition coefficient (Wildman–Crippen LogP) is 3.23. The summed E-state index contributed by atoms with van der Waals surface area (Å²) in [5.41, 5.74) is 7.16. The largest absolute Gasteiger partial charge is 0.396 e. The summed E-state index contributed by atoms with van der Waals surface area (Å²) in [6.45, 7) is 3.37. The van der Waals surface area contributed by atoms with Crippen LogP contribution in [0.1, 0.15) is 29.5 Å². The third kappa shape index (κ3) is 2.05. The monoisotopic (exact) mass is 347 g/mol. The third-order valence-electron chi connectivity index (χ3n) is 7.33. The van der Waals surface area contributed by atoms with Crippen molar-refractivity contribution in [2.75, 3.05) is 19.7 Å². The van der Waals surface area contributed by atoms with Crippen LogP contribution in [0.3, 0.4) is 0 Å². The van der Waals surface area contributed by atoms with Gasteiger partial charge in [0.05, 0.1) is 11.7 Å². The molecule has 4 aliphatic rings. The molecule has 3 heterocycles. The summed E-state index contributed by atoms with van der Waals surface area (Å²) in [4.78, 5) is 2.55. The second-order valence-electron chi connectivity index (χ2n) is 8.71. The maximum absolute atomic E-state index is 9.80. The van der Waals surface area contributed by atoms with Gasteiger partial charge in [0, 0.05) is 38.1 Å². The van der Waals surface area contributed by atoms with Gasteiger partial charge in [-0.25, -0.2) is 0 Å². The highest BCUT2D eigenvalue weighted by atomic mass is 16.5. The van der Waals surface area contributed by atoms with Gasteiger partial charge in [0.25, 0.3) is 0 Å². The first-order valence-corrected chi connectivity index (χ1v) is 9.97. The second kappa shape index (κ2) is 5.41. The SMILES string of the molecule is OC[C@H]1[C@H]2CN(Cc3ccc4c(c3)Cc3ccccc3-4)C[C@]23CC[C@H]1O3. The zero-order chi connectivity index (χ0) is 17.3. The molecule has 1 spiro atoms. The van der Waals surface area contributed by atoms with Crippen molar-refractivity contribution >= 4 is 0 Å². The molecular weight excluding hydrogens is 322 g/mol. The van der Waals surface area contributed by atoms with Crippen molar-refractivity contribution < 1.29 is 9.84 Å². The lowest BCUT2D eigenvalue weighted by Gasteiger charge is -2.28. The fourth-order valence-electron chi connectivity index (χ4n) is 6.21. The topological polar surface area (TPSA) is 32.7 Å². The van der Waals surface area contributed by atoms with E-state index in [1.807, 2.05) is 0 Å². The highest BCUT2D eigenvalue weighted by molar-refractivity contribution is 5.76. The molecule has 0 radical (unpaired) electrons. The minimum atomic E-state index is 0.0328. The molecule has 26 heavy (non-hydrogen) atoms. The number of aliphatic hydroxyl groups is 1. The molecule has 2 aromatic rings. The highest BCUT2D eigenvalue weighted by Gasteiger charge is 2.62. The Kier molecular flexibility index (Phi) is 3.20. The number of aliphatic hydroxyl groups excluding tert-OH is 1. The van der Waals surface area contributed by atoms with Gasteiger partial charge in [0.2, 0.25) is 0 Å². The van der Waals surface area contributed by atoms with Gasteiger partial charge in [-0.05, 0) is 47.1 Å². The van der Waals surface area contributed by atoms with Gasteiger partial charge >= 0.3 is 0 Å². The van der Waals surface area contributed by atoms with Crippen LogP contribution in [0, 0.1) is 11.8 Å². The summed E-state index contributed by atoms with van der Waals surface area (Å²) in [5.74, 6) is 0.869. The zero-order valence-corrected chi connectivity index (χ0v) is 15.0. The van der Waals surface area contributed by atoms with Gasteiger partial charge in [-0.3, -0.25) is 4.90 Å². The number of rotatable bonds is 3. The van der Waals surface area contributed by atoms with E-state index in [-0.39, 0.29) is 12.2 Å². The molecule has 2 aromatic carbocycles. The quantitative estimate of drug-likeness (QED) is 0.790. The molecular formula is C23H25NO2. The second-order valence-corrected chi connectivity index (χ2v) is 8.71. The Morgan fingerprint density at radius 1 is 1.12 bits per heavy atom. The average Bonchev–Trinajstić information content (AvgIpc) is 3.37. The van der Waals surface area contributed by atoms with Gasteiger partial charge < -0.3 is 9.84 Å². The van der Waals surface area contributed by atoms with E-state index in [4.69, 9.17) is 4.74 Å². The molecule has 1 N–H and O–H groups in total. The highest BCUT2D eigenvalue weighted by Crippen LogP contribution is 2.54. The van der Waals surface area contributed by atoms with Gasteiger partial charge in [-0.1, -0.05) is 42.5 Å². The van der Waals surface area contributed by atoms with Crippen molar-refractivity contribution in [3.8, 4) is 11.1 Å². The Morgan fingerprint density at radius 3 is 2.92 bits per heavy atom. The van der Waals surface area contributed by atoms with Crippen LogP contribution in [-0.4, -0.2) is 41.4 Å². The molecule has 3 nitrogen and oxygen atoms in total. The first kappa shape index (κ1) is 15.4. The number of hydrogen-bond acceptors (Lipinski definition) is 3. The van der Waals surface area contributed by atoms with E-state index in [9.17, 15) is 5.11 Å². The molecule has 0 aromatic heterocycles. The fraction of sp³-hybridized carbons (Fsp3) is 0.478. The van der Waals surface area contributed by atoms with E-state index in [2.05, 4.69) is 47.4 Å². The van der Waals surface area contributed by atoms with Crippen LogP contribution in [0.4, 0.5) is 0 Å². The Labute approximate surface area is 154 Å². The van der Waals surface area contributed by atoms with Crippen molar-refractivity contribution in [2.45, 2.75) is 37.5 Å². The Hall–Kier alpha value is -1.68. The Bertz CT molecular complexity index is 878. The van der Waals surface area contributed by atoms with Crippen molar-refractivity contribution in [2.24, 2.45) is 11.8 Å².